The molecule has 0 amide bonds. The SMILES string of the molecule is CCCC(C)C(=O)c1cc(Br)ccc1F. The van der Waals surface area contributed by atoms with Crippen LogP contribution in [0, 0.1) is 11.7 Å². The Hall–Kier alpha value is -0.700. The molecule has 0 bridgehead atoms. The second kappa shape index (κ2) is 5.40. The zero-order chi connectivity index (χ0) is 11.4. The highest BCUT2D eigenvalue weighted by molar-refractivity contribution is 9.10. The van der Waals surface area contributed by atoms with E-state index in [0.29, 0.717) is 0 Å². The van der Waals surface area contributed by atoms with Gasteiger partial charge >= 0.3 is 0 Å². The number of carbonyl (C=O) groups is 1. The average molecular weight is 273 g/mol. The van der Waals surface area contributed by atoms with Crippen LogP contribution in [-0.4, -0.2) is 5.78 Å². The normalized spacial score (nSPS) is 12.5. The maximum atomic E-state index is 13.4. The smallest absolute Gasteiger partial charge is 0.168 e. The van der Waals surface area contributed by atoms with Crippen molar-refractivity contribution < 1.29 is 9.18 Å². The molecule has 0 radical (unpaired) electrons. The maximum absolute atomic E-state index is 13.4. The van der Waals surface area contributed by atoms with Crippen molar-refractivity contribution in [3.05, 3.63) is 34.1 Å². The first-order chi connectivity index (χ1) is 7.06. The first-order valence-corrected chi connectivity index (χ1v) is 5.84. The first-order valence-electron chi connectivity index (χ1n) is 5.05. The lowest BCUT2D eigenvalue weighted by atomic mass is 9.95. The molecule has 3 heteroatoms. The molecule has 0 fully saturated rings. The van der Waals surface area contributed by atoms with Gasteiger partial charge in [0.2, 0.25) is 0 Å². The van der Waals surface area contributed by atoms with E-state index in [0.717, 1.165) is 17.3 Å². The number of hydrogen-bond donors (Lipinski definition) is 0. The van der Waals surface area contributed by atoms with Crippen LogP contribution in [0.15, 0.2) is 22.7 Å². The summed E-state index contributed by atoms with van der Waals surface area (Å²) in [7, 11) is 0. The fourth-order valence-electron chi connectivity index (χ4n) is 1.52. The van der Waals surface area contributed by atoms with Gasteiger partial charge in [-0.2, -0.15) is 0 Å². The standard InChI is InChI=1S/C12H14BrFO/c1-3-4-8(2)12(15)10-7-9(13)5-6-11(10)14/h5-8H,3-4H2,1-2H3. The molecule has 0 N–H and O–H groups in total. The molecule has 0 aliphatic rings. The number of ketones is 1. The minimum absolute atomic E-state index is 0.112. The van der Waals surface area contributed by atoms with Gasteiger partial charge in [-0.05, 0) is 24.6 Å². The number of carbonyl (C=O) groups excluding carboxylic acids is 1. The van der Waals surface area contributed by atoms with E-state index in [1.54, 1.807) is 12.1 Å². The van der Waals surface area contributed by atoms with E-state index < -0.39 is 5.82 Å². The molecule has 0 heterocycles. The van der Waals surface area contributed by atoms with Crippen molar-refractivity contribution in [3.8, 4) is 0 Å². The molecule has 1 aromatic rings. The van der Waals surface area contributed by atoms with Crippen molar-refractivity contribution in [1.29, 1.82) is 0 Å². The Labute approximate surface area is 97.8 Å². The molecule has 0 saturated carbocycles. The van der Waals surface area contributed by atoms with Crippen LogP contribution < -0.4 is 0 Å². The zero-order valence-corrected chi connectivity index (χ0v) is 10.5. The van der Waals surface area contributed by atoms with Crippen molar-refractivity contribution in [2.75, 3.05) is 0 Å². The summed E-state index contributed by atoms with van der Waals surface area (Å²) in [5, 5.41) is 0. The highest BCUT2D eigenvalue weighted by atomic mass is 79.9. The Morgan fingerprint density at radius 1 is 1.53 bits per heavy atom. The molecule has 1 nitrogen and oxygen atoms in total. The summed E-state index contributed by atoms with van der Waals surface area (Å²) in [5.41, 5.74) is 0.185. The predicted molar refractivity (Wildman–Crippen MR) is 62.5 cm³/mol. The topological polar surface area (TPSA) is 17.1 Å². The Morgan fingerprint density at radius 2 is 2.20 bits per heavy atom. The summed E-state index contributed by atoms with van der Waals surface area (Å²) in [6.07, 6.45) is 1.73. The Bertz CT molecular complexity index is 363. The van der Waals surface area contributed by atoms with Gasteiger partial charge in [-0.25, -0.2) is 4.39 Å². The molecule has 1 aromatic carbocycles. The van der Waals surface area contributed by atoms with Crippen molar-refractivity contribution in [2.24, 2.45) is 5.92 Å². The van der Waals surface area contributed by atoms with Gasteiger partial charge < -0.3 is 0 Å². The second-order valence-electron chi connectivity index (χ2n) is 3.68. The fraction of sp³-hybridized carbons (Fsp3) is 0.417. The third-order valence-electron chi connectivity index (χ3n) is 2.36. The van der Waals surface area contributed by atoms with Gasteiger partial charge in [-0.3, -0.25) is 4.79 Å². The lowest BCUT2D eigenvalue weighted by Crippen LogP contribution is -2.12. The Kier molecular flexibility index (Phi) is 4.45. The van der Waals surface area contributed by atoms with Crippen LogP contribution >= 0.6 is 15.9 Å². The molecule has 0 aliphatic carbocycles. The van der Waals surface area contributed by atoms with Crippen molar-refractivity contribution in [3.63, 3.8) is 0 Å². The zero-order valence-electron chi connectivity index (χ0n) is 8.89. The summed E-state index contributed by atoms with van der Waals surface area (Å²) in [4.78, 5) is 11.8. The number of benzene rings is 1. The van der Waals surface area contributed by atoms with Crippen molar-refractivity contribution in [1.82, 2.24) is 0 Å². The van der Waals surface area contributed by atoms with Crippen molar-refractivity contribution in [2.45, 2.75) is 26.7 Å². The molecule has 1 rings (SSSR count). The van der Waals surface area contributed by atoms with Crippen LogP contribution in [0.25, 0.3) is 0 Å². The van der Waals surface area contributed by atoms with Gasteiger partial charge in [0.1, 0.15) is 5.82 Å². The number of rotatable bonds is 4. The average Bonchev–Trinajstić information content (AvgIpc) is 2.21. The fourth-order valence-corrected chi connectivity index (χ4v) is 1.88. The molecule has 0 aromatic heterocycles. The summed E-state index contributed by atoms with van der Waals surface area (Å²) in [6, 6.07) is 4.45. The van der Waals surface area contributed by atoms with Gasteiger partial charge in [0.15, 0.2) is 5.78 Å². The molecule has 82 valence electrons. The minimum Gasteiger partial charge on any atom is -0.294 e. The van der Waals surface area contributed by atoms with Crippen molar-refractivity contribution >= 4 is 21.7 Å². The lowest BCUT2D eigenvalue weighted by molar-refractivity contribution is 0.0919. The van der Waals surface area contributed by atoms with E-state index in [9.17, 15) is 9.18 Å². The summed E-state index contributed by atoms with van der Waals surface area (Å²) < 4.78 is 14.1. The number of hydrogen-bond acceptors (Lipinski definition) is 1. The third kappa shape index (κ3) is 3.13. The van der Waals surface area contributed by atoms with Gasteiger partial charge in [-0.15, -0.1) is 0 Å². The summed E-state index contributed by atoms with van der Waals surface area (Å²) in [5.74, 6) is -0.666. The molecule has 0 aliphatic heterocycles. The summed E-state index contributed by atoms with van der Waals surface area (Å²) >= 11 is 3.23. The van der Waals surface area contributed by atoms with Crippen LogP contribution in [0.5, 0.6) is 0 Å². The Morgan fingerprint density at radius 3 is 2.80 bits per heavy atom. The van der Waals surface area contributed by atoms with E-state index >= 15 is 0 Å². The largest absolute Gasteiger partial charge is 0.294 e. The molecule has 0 saturated heterocycles. The van der Waals surface area contributed by atoms with Crippen LogP contribution in [0.3, 0.4) is 0 Å². The Balaban J connectivity index is 2.95. The van der Waals surface area contributed by atoms with Crippen LogP contribution in [0.2, 0.25) is 0 Å². The maximum Gasteiger partial charge on any atom is 0.168 e. The quantitative estimate of drug-likeness (QED) is 0.751. The minimum atomic E-state index is -0.439. The lowest BCUT2D eigenvalue weighted by Gasteiger charge is -2.09. The number of halogens is 2. The molecule has 15 heavy (non-hydrogen) atoms. The predicted octanol–water partition coefficient (Wildman–Crippen LogP) is 4.21. The van der Waals surface area contributed by atoms with Gasteiger partial charge in [-0.1, -0.05) is 36.2 Å². The highest BCUT2D eigenvalue weighted by Gasteiger charge is 2.18. The third-order valence-corrected chi connectivity index (χ3v) is 2.86. The van der Waals surface area contributed by atoms with Crippen LogP contribution in [0.4, 0.5) is 4.39 Å². The molecule has 1 atom stereocenters. The second-order valence-corrected chi connectivity index (χ2v) is 4.59. The van der Waals surface area contributed by atoms with Gasteiger partial charge in [0, 0.05) is 10.4 Å². The highest BCUT2D eigenvalue weighted by Crippen LogP contribution is 2.20. The van der Waals surface area contributed by atoms with E-state index in [-0.39, 0.29) is 17.3 Å². The molecular formula is C12H14BrFO. The van der Waals surface area contributed by atoms with E-state index in [2.05, 4.69) is 15.9 Å². The first kappa shape index (κ1) is 12.4. The van der Waals surface area contributed by atoms with E-state index in [1.165, 1.54) is 6.07 Å². The van der Waals surface area contributed by atoms with Crippen LogP contribution in [-0.2, 0) is 0 Å². The molecule has 1 unspecified atom stereocenters. The molecule has 0 spiro atoms. The monoisotopic (exact) mass is 272 g/mol. The van der Waals surface area contributed by atoms with Gasteiger partial charge in [0.05, 0.1) is 5.56 Å². The molecular weight excluding hydrogens is 259 g/mol. The van der Waals surface area contributed by atoms with E-state index in [4.69, 9.17) is 0 Å². The van der Waals surface area contributed by atoms with E-state index in [1.807, 2.05) is 13.8 Å². The van der Waals surface area contributed by atoms with Crippen LogP contribution in [0.1, 0.15) is 37.0 Å². The van der Waals surface area contributed by atoms with Gasteiger partial charge in [0.25, 0.3) is 0 Å². The number of Topliss-reactive ketones (excluding diaryl/α,β-unsaturated/α-hetero) is 1. The summed E-state index contributed by atoms with van der Waals surface area (Å²) in [6.45, 7) is 3.85.